The molecular weight excluding hydrogens is 208 g/mol. The second-order valence-electron chi connectivity index (χ2n) is 3.10. The maximum Gasteiger partial charge on any atom is 0.337 e. The number of hydrogen-bond donors (Lipinski definition) is 1. The molecule has 0 spiro atoms. The number of aliphatic imine (C=N–C) groups is 1. The Bertz CT molecular complexity index is 412. The van der Waals surface area contributed by atoms with E-state index in [1.54, 1.807) is 24.3 Å². The van der Waals surface area contributed by atoms with Crippen LogP contribution >= 0.6 is 0 Å². The number of carbonyl (C=O) groups excluding carboxylic acids is 2. The van der Waals surface area contributed by atoms with Gasteiger partial charge in [-0.25, -0.2) is 4.79 Å². The second-order valence-corrected chi connectivity index (χ2v) is 3.10. The molecule has 0 fully saturated rings. The van der Waals surface area contributed by atoms with Gasteiger partial charge in [-0.3, -0.25) is 9.79 Å². The summed E-state index contributed by atoms with van der Waals surface area (Å²) in [5, 5.41) is 0. The van der Waals surface area contributed by atoms with Crippen LogP contribution in [0.4, 0.5) is 0 Å². The maximum absolute atomic E-state index is 11.1. The Balaban J connectivity index is 2.98. The Labute approximate surface area is 92.9 Å². The largest absolute Gasteiger partial charge is 0.465 e. The molecule has 1 aromatic carbocycles. The number of nitrogens with zero attached hydrogens (tertiary/aromatic N) is 1. The Hall–Kier alpha value is -2.17. The van der Waals surface area contributed by atoms with Gasteiger partial charge in [0, 0.05) is 0 Å². The zero-order chi connectivity index (χ0) is 12.1. The minimum atomic E-state index is -0.785. The van der Waals surface area contributed by atoms with Crippen molar-refractivity contribution in [1.29, 1.82) is 0 Å². The van der Waals surface area contributed by atoms with E-state index in [1.165, 1.54) is 7.11 Å². The molecule has 0 heterocycles. The second kappa shape index (κ2) is 5.06. The fraction of sp³-hybridized carbons (Fsp3) is 0.182. The first-order valence-electron chi connectivity index (χ1n) is 4.53. The van der Waals surface area contributed by atoms with Crippen LogP contribution in [0.15, 0.2) is 29.3 Å². The van der Waals surface area contributed by atoms with Crippen LogP contribution in [0.3, 0.4) is 0 Å². The first kappa shape index (κ1) is 11.9. The highest BCUT2D eigenvalue weighted by Crippen LogP contribution is 2.17. The number of benzene rings is 1. The molecule has 5 heteroatoms. The van der Waals surface area contributed by atoms with Gasteiger partial charge in [-0.2, -0.15) is 0 Å². The highest BCUT2D eigenvalue weighted by atomic mass is 16.5. The van der Waals surface area contributed by atoms with Gasteiger partial charge in [0.05, 0.1) is 12.7 Å². The lowest BCUT2D eigenvalue weighted by atomic mass is 10.0. The third-order valence-electron chi connectivity index (χ3n) is 2.10. The van der Waals surface area contributed by atoms with Crippen molar-refractivity contribution in [3.63, 3.8) is 0 Å². The summed E-state index contributed by atoms with van der Waals surface area (Å²) in [5.41, 5.74) is 6.13. The molecule has 0 aliphatic rings. The number of methoxy groups -OCH3 is 1. The molecule has 5 nitrogen and oxygen atoms in total. The van der Waals surface area contributed by atoms with Crippen molar-refractivity contribution in [2.75, 3.05) is 7.11 Å². The van der Waals surface area contributed by atoms with E-state index in [1.807, 2.05) is 0 Å². The lowest BCUT2D eigenvalue weighted by Crippen LogP contribution is -2.19. The summed E-state index contributed by atoms with van der Waals surface area (Å²) in [6.07, 6.45) is 0. The van der Waals surface area contributed by atoms with E-state index in [-0.39, 0.29) is 0 Å². The van der Waals surface area contributed by atoms with Gasteiger partial charge in [-0.1, -0.05) is 12.1 Å². The maximum atomic E-state index is 11.1. The number of hydrogen-bond acceptors (Lipinski definition) is 4. The average Bonchev–Trinajstić information content (AvgIpc) is 2.29. The van der Waals surface area contributed by atoms with Gasteiger partial charge in [-0.05, 0) is 24.4 Å². The van der Waals surface area contributed by atoms with E-state index in [0.717, 1.165) is 0 Å². The van der Waals surface area contributed by atoms with Crippen LogP contribution in [-0.4, -0.2) is 25.7 Å². The molecule has 0 aliphatic heterocycles. The molecule has 0 aliphatic carbocycles. The highest BCUT2D eigenvalue weighted by Gasteiger charge is 2.15. The van der Waals surface area contributed by atoms with Gasteiger partial charge in [-0.15, -0.1) is 0 Å². The Morgan fingerprint density at radius 1 is 1.38 bits per heavy atom. The number of esters is 1. The number of primary amides is 1. The Morgan fingerprint density at radius 3 is 2.31 bits per heavy atom. The van der Waals surface area contributed by atoms with E-state index in [2.05, 4.69) is 16.4 Å². The molecule has 1 rings (SSSR count). The van der Waals surface area contributed by atoms with E-state index < -0.39 is 17.9 Å². The van der Waals surface area contributed by atoms with Crippen molar-refractivity contribution in [1.82, 2.24) is 0 Å². The molecule has 1 atom stereocenters. The Morgan fingerprint density at radius 2 is 1.94 bits per heavy atom. The van der Waals surface area contributed by atoms with Crippen molar-refractivity contribution in [3.8, 4) is 0 Å². The van der Waals surface area contributed by atoms with Crippen LogP contribution < -0.4 is 5.73 Å². The summed E-state index contributed by atoms with van der Waals surface area (Å²) in [7, 11) is 1.30. The first-order valence-corrected chi connectivity index (χ1v) is 4.53. The van der Waals surface area contributed by atoms with Gasteiger partial charge < -0.3 is 10.5 Å². The lowest BCUT2D eigenvalue weighted by molar-refractivity contribution is -0.119. The predicted octanol–water partition coefficient (Wildman–Crippen LogP) is 0.700. The summed E-state index contributed by atoms with van der Waals surface area (Å²) in [6, 6.07) is 5.49. The summed E-state index contributed by atoms with van der Waals surface area (Å²) < 4.78 is 4.54. The molecule has 1 aromatic rings. The smallest absolute Gasteiger partial charge is 0.337 e. The zero-order valence-corrected chi connectivity index (χ0v) is 8.84. The van der Waals surface area contributed by atoms with Gasteiger partial charge in [0.1, 0.15) is 0 Å². The molecule has 0 saturated carbocycles. The van der Waals surface area contributed by atoms with Crippen LogP contribution in [0, 0.1) is 0 Å². The molecule has 0 unspecified atom stereocenters. The van der Waals surface area contributed by atoms with Crippen LogP contribution in [0.1, 0.15) is 22.0 Å². The highest BCUT2D eigenvalue weighted by molar-refractivity contribution is 5.89. The third kappa shape index (κ3) is 2.44. The topological polar surface area (TPSA) is 81.8 Å². The van der Waals surface area contributed by atoms with Crippen LogP contribution in [-0.2, 0) is 9.53 Å². The standard InChI is InChI=1S/C11H12N2O3/c1-13-9(10(12)14)7-3-5-8(6-4-7)11(15)16-2/h3-6,9H,1H2,2H3,(H2,12,14)/t9-/m1/s1. The summed E-state index contributed by atoms with van der Waals surface area (Å²) >= 11 is 0. The summed E-state index contributed by atoms with van der Waals surface area (Å²) in [5.74, 6) is -1.02. The van der Waals surface area contributed by atoms with E-state index >= 15 is 0 Å². The monoisotopic (exact) mass is 220 g/mol. The Kier molecular flexibility index (Phi) is 3.77. The third-order valence-corrected chi connectivity index (χ3v) is 2.10. The van der Waals surface area contributed by atoms with E-state index in [4.69, 9.17) is 5.73 Å². The summed E-state index contributed by atoms with van der Waals surface area (Å²) in [4.78, 5) is 25.8. The number of rotatable bonds is 4. The minimum Gasteiger partial charge on any atom is -0.465 e. The zero-order valence-electron chi connectivity index (χ0n) is 8.84. The van der Waals surface area contributed by atoms with Gasteiger partial charge >= 0.3 is 5.97 Å². The number of nitrogens with two attached hydrogens (primary N) is 1. The fourth-order valence-electron chi connectivity index (χ4n) is 1.28. The number of amides is 1. The van der Waals surface area contributed by atoms with Crippen molar-refractivity contribution < 1.29 is 14.3 Å². The minimum absolute atomic E-state index is 0.401. The molecule has 1 amide bonds. The summed E-state index contributed by atoms with van der Waals surface area (Å²) in [6.45, 7) is 3.29. The van der Waals surface area contributed by atoms with Gasteiger partial charge in [0.25, 0.3) is 0 Å². The number of carbonyl (C=O) groups is 2. The van der Waals surface area contributed by atoms with Crippen molar-refractivity contribution in [2.24, 2.45) is 10.7 Å². The predicted molar refractivity (Wildman–Crippen MR) is 59.3 cm³/mol. The van der Waals surface area contributed by atoms with Gasteiger partial charge in [0.15, 0.2) is 6.04 Å². The SMILES string of the molecule is C=N[C@@H](C(N)=O)c1ccc(C(=O)OC)cc1. The van der Waals surface area contributed by atoms with Gasteiger partial charge in [0.2, 0.25) is 5.91 Å². The molecule has 0 radical (unpaired) electrons. The van der Waals surface area contributed by atoms with Crippen molar-refractivity contribution >= 4 is 18.6 Å². The molecule has 84 valence electrons. The molecule has 16 heavy (non-hydrogen) atoms. The lowest BCUT2D eigenvalue weighted by Gasteiger charge is -2.08. The average molecular weight is 220 g/mol. The van der Waals surface area contributed by atoms with Crippen LogP contribution in [0.2, 0.25) is 0 Å². The van der Waals surface area contributed by atoms with Crippen LogP contribution in [0.25, 0.3) is 0 Å². The van der Waals surface area contributed by atoms with Crippen molar-refractivity contribution in [2.45, 2.75) is 6.04 Å². The normalized spacial score (nSPS) is 11.6. The molecule has 2 N–H and O–H groups in total. The number of ether oxygens (including phenoxy) is 1. The van der Waals surface area contributed by atoms with E-state index in [9.17, 15) is 9.59 Å². The molecule has 0 saturated heterocycles. The fourth-order valence-corrected chi connectivity index (χ4v) is 1.28. The van der Waals surface area contributed by atoms with Crippen LogP contribution in [0.5, 0.6) is 0 Å². The van der Waals surface area contributed by atoms with Crippen molar-refractivity contribution in [3.05, 3.63) is 35.4 Å². The molecular formula is C11H12N2O3. The quantitative estimate of drug-likeness (QED) is 0.599. The van der Waals surface area contributed by atoms with E-state index in [0.29, 0.717) is 11.1 Å². The first-order chi connectivity index (χ1) is 7.60. The molecule has 0 bridgehead atoms. The molecule has 0 aromatic heterocycles.